The van der Waals surface area contributed by atoms with Crippen molar-refractivity contribution >= 4 is 54.1 Å². The smallest absolute Gasteiger partial charge is 0.164 e. The minimum Gasteiger partial charge on any atom is -0.309 e. The van der Waals surface area contributed by atoms with E-state index in [1.165, 1.54) is 24.3 Å². The van der Waals surface area contributed by atoms with Gasteiger partial charge in [-0.05, 0) is 103 Å². The van der Waals surface area contributed by atoms with E-state index >= 15 is 0 Å². The average molecular weight is 808 g/mol. The van der Waals surface area contributed by atoms with Crippen molar-refractivity contribution in [3.63, 3.8) is 0 Å². The fourth-order valence-corrected chi connectivity index (χ4v) is 7.05. The zero-order valence-electron chi connectivity index (χ0n) is 61.7. The van der Waals surface area contributed by atoms with Crippen LogP contribution in [0.5, 0.6) is 0 Å². The Morgan fingerprint density at radius 3 is 1.54 bits per heavy atom. The molecule has 2 aromatic heterocycles. The third kappa shape index (κ3) is 5.88. The Bertz CT molecular complexity index is 5380. The van der Waals surface area contributed by atoms with Crippen LogP contribution in [0.25, 0.3) is 116 Å². The summed E-state index contributed by atoms with van der Waals surface area (Å²) in [7, 11) is 0. The van der Waals surface area contributed by atoms with E-state index in [9.17, 15) is 19.2 Å². The number of benzene rings is 10. The van der Waals surface area contributed by atoms with Crippen molar-refractivity contribution in [1.82, 2.24) is 19.5 Å². The van der Waals surface area contributed by atoms with Crippen LogP contribution in [0.4, 0.5) is 0 Å². The molecule has 0 bridgehead atoms. The average Bonchev–Trinajstić information content (AvgIpc) is 1.00. The van der Waals surface area contributed by atoms with Gasteiger partial charge < -0.3 is 4.57 Å². The number of aromatic nitrogens is 4. The molecule has 284 valence electrons. The van der Waals surface area contributed by atoms with Gasteiger partial charge in [0.05, 0.1) is 53.5 Å². The van der Waals surface area contributed by atoms with Crippen LogP contribution in [0, 0.1) is 0 Å². The molecule has 0 unspecified atom stereocenters. The van der Waals surface area contributed by atoms with E-state index in [1.807, 2.05) is 0 Å². The summed E-state index contributed by atoms with van der Waals surface area (Å²) in [6, 6.07) is -20.4. The first kappa shape index (κ1) is 15.8. The zero-order valence-corrected chi connectivity index (χ0v) is 30.7. The predicted octanol–water partition coefficient (Wildman–Crippen LogP) is 14.8. The standard InChI is InChI=1S/C57H36N4/c1-3-15-37(16-4-1)40-30-34-54-52(35-40)49-24-13-14-26-53(49)61(54)42-31-27-39(28-32-42)55-58-56(60-57(59-55)50-25-12-7-19-43(50)38-17-5-2-6-18-38)41-29-33-48-46-22-9-8-20-44(46)45-21-10-11-23-47(45)51(48)36-41/h1-36H/i1D,3D,4D,7D,8D,9D,10D,11D,12D,13D,14D,15D,16D,19D,20D,21D,22D,23D,24D,25D,26D,27D,28D,29D,30D,31D,32D,33D,34D,35D,36D. The summed E-state index contributed by atoms with van der Waals surface area (Å²) < 4.78 is 283. The Morgan fingerprint density at radius 1 is 0.311 bits per heavy atom. The van der Waals surface area contributed by atoms with Gasteiger partial charge in [-0.1, -0.05) is 169 Å². The number of para-hydroxylation sites is 1. The molecule has 0 radical (unpaired) electrons. The maximum absolute atomic E-state index is 10.0. The minimum absolute atomic E-state index is 0.134. The second kappa shape index (κ2) is 14.3. The molecule has 0 saturated carbocycles. The molecule has 0 atom stereocenters. The Hall–Kier alpha value is -8.21. The molecule has 12 rings (SSSR count). The lowest BCUT2D eigenvalue weighted by molar-refractivity contribution is 1.07. The lowest BCUT2D eigenvalue weighted by atomic mass is 9.93. The largest absolute Gasteiger partial charge is 0.309 e. The van der Waals surface area contributed by atoms with E-state index in [0.717, 1.165) is 0 Å². The van der Waals surface area contributed by atoms with Crippen LogP contribution in [-0.4, -0.2) is 19.5 Å². The molecule has 4 nitrogen and oxygen atoms in total. The van der Waals surface area contributed by atoms with Gasteiger partial charge in [0, 0.05) is 33.2 Å². The zero-order chi connectivity index (χ0) is 67.3. The van der Waals surface area contributed by atoms with Gasteiger partial charge in [0.15, 0.2) is 17.5 Å². The van der Waals surface area contributed by atoms with Crippen molar-refractivity contribution in [2.45, 2.75) is 0 Å². The third-order valence-electron chi connectivity index (χ3n) is 9.74. The molecule has 0 N–H and O–H groups in total. The van der Waals surface area contributed by atoms with Gasteiger partial charge in [-0.25, -0.2) is 15.0 Å². The Labute approximate surface area is 396 Å². The Morgan fingerprint density at radius 2 is 0.820 bits per heavy atom. The third-order valence-corrected chi connectivity index (χ3v) is 9.74. The van der Waals surface area contributed by atoms with Crippen LogP contribution in [0.1, 0.15) is 42.5 Å². The highest BCUT2D eigenvalue weighted by molar-refractivity contribution is 6.25. The Balaban J connectivity index is 1.24. The first-order chi connectivity index (χ1) is 43.2. The molecule has 0 spiro atoms. The summed E-state index contributed by atoms with van der Waals surface area (Å²) >= 11 is 0. The molecule has 0 aliphatic heterocycles. The topological polar surface area (TPSA) is 43.6 Å². The van der Waals surface area contributed by atoms with Crippen LogP contribution in [-0.2, 0) is 0 Å². The van der Waals surface area contributed by atoms with E-state index in [4.69, 9.17) is 23.3 Å². The van der Waals surface area contributed by atoms with Gasteiger partial charge in [0.25, 0.3) is 0 Å². The lowest BCUT2D eigenvalue weighted by Crippen LogP contribution is -2.01. The highest BCUT2D eigenvalue weighted by Gasteiger charge is 2.18. The molecule has 0 fully saturated rings. The van der Waals surface area contributed by atoms with Gasteiger partial charge >= 0.3 is 0 Å². The second-order valence-electron chi connectivity index (χ2n) is 13.2. The highest BCUT2D eigenvalue weighted by atomic mass is 15.0. The predicted molar refractivity (Wildman–Crippen MR) is 254 cm³/mol. The maximum atomic E-state index is 10.0. The van der Waals surface area contributed by atoms with Crippen molar-refractivity contribution in [1.29, 1.82) is 0 Å². The Kier molecular flexibility index (Phi) is 3.68. The molecular formula is C57H36N4. The monoisotopic (exact) mass is 807 g/mol. The molecule has 12 aromatic rings. The fraction of sp³-hybridized carbons (Fsp3) is 0. The molecule has 0 aliphatic rings. The summed E-state index contributed by atoms with van der Waals surface area (Å²) in [5.74, 6) is -2.56. The number of hydrogen-bond acceptors (Lipinski definition) is 3. The van der Waals surface area contributed by atoms with Crippen LogP contribution < -0.4 is 0 Å². The van der Waals surface area contributed by atoms with E-state index < -0.39 is 292 Å². The summed E-state index contributed by atoms with van der Waals surface area (Å²) in [5, 5.41) is -4.40. The highest BCUT2D eigenvalue weighted by Crippen LogP contribution is 2.39. The molecule has 0 saturated heterocycles. The van der Waals surface area contributed by atoms with Crippen LogP contribution in [0.2, 0.25) is 0 Å². The van der Waals surface area contributed by atoms with Crippen molar-refractivity contribution in [2.75, 3.05) is 0 Å². The number of hydrogen-bond donors (Lipinski definition) is 0. The minimum atomic E-state index is -1.12. The van der Waals surface area contributed by atoms with Gasteiger partial charge in [-0.15, -0.1) is 0 Å². The maximum Gasteiger partial charge on any atom is 0.164 e. The van der Waals surface area contributed by atoms with Gasteiger partial charge in [-0.3, -0.25) is 0 Å². The molecule has 2 heterocycles. The number of rotatable bonds is 6. The molecular weight excluding hydrogens is 741 g/mol. The SMILES string of the molecule is [2H]c1c([2H])c([2H])c(-c2c([2H])c([2H])c3c(c2[2H])c2c([2H])c([2H])c([2H])c([2H])c2n3-c2c([2H])c([2H])c(-c3nc(-c4c([2H])c([2H])c([2H])c([2H])c4-c4ccccc4)nc(-c4c([2H])c([2H])c5c6c([2H])c([2H])c([2H])c([2H])c6c6c([2H])c([2H])c([2H])c([2H])c6c5c4[2H])n3)c([2H])c2[2H])c([2H])c1[2H]. The first-order valence-electron chi connectivity index (χ1n) is 33.7. The van der Waals surface area contributed by atoms with Crippen molar-refractivity contribution in [3.8, 4) is 62.1 Å². The van der Waals surface area contributed by atoms with Crippen molar-refractivity contribution in [3.05, 3.63) is 218 Å². The quantitative estimate of drug-likeness (QED) is 0.157. The van der Waals surface area contributed by atoms with Gasteiger partial charge in [0.2, 0.25) is 0 Å². The molecule has 0 amide bonds. The van der Waals surface area contributed by atoms with E-state index in [-0.39, 0.29) is 11.1 Å². The summed E-state index contributed by atoms with van der Waals surface area (Å²) in [6.45, 7) is 0. The van der Waals surface area contributed by atoms with E-state index in [2.05, 4.69) is 15.0 Å². The fourth-order valence-electron chi connectivity index (χ4n) is 7.05. The van der Waals surface area contributed by atoms with E-state index in [1.54, 1.807) is 6.07 Å². The normalized spacial score (nSPS) is 18.7. The second-order valence-corrected chi connectivity index (χ2v) is 13.2. The summed E-state index contributed by atoms with van der Waals surface area (Å²) in [6.07, 6.45) is 0. The first-order valence-corrected chi connectivity index (χ1v) is 18.2. The van der Waals surface area contributed by atoms with Crippen LogP contribution in [0.3, 0.4) is 0 Å². The van der Waals surface area contributed by atoms with Crippen molar-refractivity contribution < 1.29 is 42.5 Å². The molecule has 61 heavy (non-hydrogen) atoms. The van der Waals surface area contributed by atoms with Gasteiger partial charge in [-0.2, -0.15) is 0 Å². The molecule has 4 heteroatoms. The van der Waals surface area contributed by atoms with Gasteiger partial charge in [0.1, 0.15) is 0 Å². The van der Waals surface area contributed by atoms with Crippen LogP contribution >= 0.6 is 0 Å². The van der Waals surface area contributed by atoms with Crippen molar-refractivity contribution in [2.24, 2.45) is 0 Å². The summed E-state index contributed by atoms with van der Waals surface area (Å²) in [4.78, 5) is 13.6. The van der Waals surface area contributed by atoms with Crippen LogP contribution in [0.15, 0.2) is 218 Å². The van der Waals surface area contributed by atoms with E-state index in [0.29, 0.717) is 4.57 Å². The molecule has 10 aromatic carbocycles. The number of fused-ring (bicyclic) bond motifs is 9. The number of nitrogens with zero attached hydrogens (tertiary/aromatic N) is 4. The molecule has 0 aliphatic carbocycles. The lowest BCUT2D eigenvalue weighted by Gasteiger charge is -2.14. The summed E-state index contributed by atoms with van der Waals surface area (Å²) in [5.41, 5.74) is -6.08.